The van der Waals surface area contributed by atoms with Crippen molar-refractivity contribution >= 4 is 16.0 Å². The van der Waals surface area contributed by atoms with E-state index in [9.17, 15) is 13.2 Å². The number of aryl methyl sites for hydroxylation is 1. The molecule has 0 bridgehead atoms. The average Bonchev–Trinajstić information content (AvgIpc) is 2.94. The molecule has 3 rings (SSSR count). The van der Waals surface area contributed by atoms with Gasteiger partial charge in [-0.05, 0) is 37.1 Å². The summed E-state index contributed by atoms with van der Waals surface area (Å²) in [7, 11) is -2.33. The Balaban J connectivity index is 1.98. The molecule has 1 aromatic carbocycles. The number of carbonyl (C=O) groups is 1. The molecule has 7 heteroatoms. The number of benzene rings is 1. The molecule has 1 atom stereocenters. The molecule has 0 radical (unpaired) electrons. The Kier molecular flexibility index (Phi) is 4.71. The van der Waals surface area contributed by atoms with Gasteiger partial charge in [-0.25, -0.2) is 13.2 Å². The van der Waals surface area contributed by atoms with Crippen LogP contribution >= 0.6 is 0 Å². The van der Waals surface area contributed by atoms with E-state index in [1.165, 1.54) is 17.5 Å². The predicted molar refractivity (Wildman–Crippen MR) is 92.2 cm³/mol. The number of nitrogens with zero attached hydrogens (tertiary/aromatic N) is 1. The lowest BCUT2D eigenvalue weighted by atomic mass is 9.79. The zero-order chi connectivity index (χ0) is 18.1. The number of hydrogen-bond donors (Lipinski definition) is 0. The third-order valence-corrected chi connectivity index (χ3v) is 6.55. The molecule has 25 heavy (non-hydrogen) atoms. The summed E-state index contributed by atoms with van der Waals surface area (Å²) < 4.78 is 37.4. The Hall–Kier alpha value is -2.12. The van der Waals surface area contributed by atoms with E-state index in [1.807, 2.05) is 13.0 Å². The van der Waals surface area contributed by atoms with E-state index in [4.69, 9.17) is 9.47 Å². The Bertz CT molecular complexity index is 826. The summed E-state index contributed by atoms with van der Waals surface area (Å²) in [5, 5.41) is 0. The number of methoxy groups -OCH3 is 1. The number of ether oxygens (including phenoxy) is 2. The fraction of sp³-hybridized carbons (Fsp3) is 0.389. The van der Waals surface area contributed by atoms with Crippen LogP contribution in [-0.2, 0) is 24.3 Å². The SMILES string of the molecule is COC(=O)/C=C1\CN(S(=O)(=O)c2ccc(C)cc2)C[C@@]12C=COCC2. The Morgan fingerprint density at radius 1 is 1.32 bits per heavy atom. The minimum atomic E-state index is -3.64. The van der Waals surface area contributed by atoms with Crippen LogP contribution in [0.15, 0.2) is 53.1 Å². The van der Waals surface area contributed by atoms with Crippen LogP contribution < -0.4 is 0 Å². The van der Waals surface area contributed by atoms with Crippen LogP contribution in [0.25, 0.3) is 0 Å². The number of rotatable bonds is 3. The highest BCUT2D eigenvalue weighted by atomic mass is 32.2. The number of carbonyl (C=O) groups excluding carboxylic acids is 1. The molecule has 1 aromatic rings. The van der Waals surface area contributed by atoms with Crippen molar-refractivity contribution in [3.8, 4) is 0 Å². The molecule has 0 saturated carbocycles. The molecule has 134 valence electrons. The monoisotopic (exact) mass is 363 g/mol. The van der Waals surface area contributed by atoms with Crippen molar-refractivity contribution in [2.45, 2.75) is 18.2 Å². The molecule has 0 aromatic heterocycles. The van der Waals surface area contributed by atoms with E-state index in [1.54, 1.807) is 30.5 Å². The van der Waals surface area contributed by atoms with Gasteiger partial charge in [0.25, 0.3) is 0 Å². The first-order valence-corrected chi connectivity index (χ1v) is 9.46. The summed E-state index contributed by atoms with van der Waals surface area (Å²) in [6.45, 7) is 2.83. The molecule has 2 heterocycles. The van der Waals surface area contributed by atoms with Crippen molar-refractivity contribution in [3.05, 3.63) is 53.8 Å². The van der Waals surface area contributed by atoms with Gasteiger partial charge in [0.05, 0.1) is 24.9 Å². The molecule has 1 saturated heterocycles. The van der Waals surface area contributed by atoms with Gasteiger partial charge in [-0.1, -0.05) is 17.7 Å². The summed E-state index contributed by atoms with van der Waals surface area (Å²) in [5.41, 5.74) is 1.20. The molecule has 0 N–H and O–H groups in total. The second kappa shape index (κ2) is 6.65. The van der Waals surface area contributed by atoms with Crippen LogP contribution in [0, 0.1) is 12.3 Å². The first kappa shape index (κ1) is 17.7. The van der Waals surface area contributed by atoms with Crippen molar-refractivity contribution in [1.29, 1.82) is 0 Å². The maximum absolute atomic E-state index is 13.0. The molecule has 0 amide bonds. The predicted octanol–water partition coefficient (Wildman–Crippen LogP) is 2.02. The van der Waals surface area contributed by atoms with Crippen LogP contribution in [0.4, 0.5) is 0 Å². The standard InChI is InChI=1S/C18H21NO5S/c1-14-3-5-16(6-4-14)25(21,22)19-12-15(11-17(20)23-2)18(13-19)7-9-24-10-8-18/h3-7,9,11H,8,10,12-13H2,1-2H3/b15-11+/t18-/m0/s1. The zero-order valence-corrected chi connectivity index (χ0v) is 15.1. The maximum atomic E-state index is 13.0. The van der Waals surface area contributed by atoms with Crippen LogP contribution in [0.5, 0.6) is 0 Å². The Labute approximate surface area is 147 Å². The molecule has 0 aliphatic carbocycles. The van der Waals surface area contributed by atoms with Crippen LogP contribution in [0.1, 0.15) is 12.0 Å². The number of sulfonamides is 1. The Morgan fingerprint density at radius 3 is 2.64 bits per heavy atom. The first-order chi connectivity index (χ1) is 11.9. The largest absolute Gasteiger partial charge is 0.501 e. The third kappa shape index (κ3) is 3.34. The third-order valence-electron chi connectivity index (χ3n) is 4.75. The van der Waals surface area contributed by atoms with Gasteiger partial charge >= 0.3 is 5.97 Å². The molecule has 6 nitrogen and oxygen atoms in total. The van der Waals surface area contributed by atoms with Gasteiger partial charge in [0, 0.05) is 24.6 Å². The van der Waals surface area contributed by atoms with Gasteiger partial charge in [-0.3, -0.25) is 0 Å². The highest BCUT2D eigenvalue weighted by Crippen LogP contribution is 2.43. The average molecular weight is 363 g/mol. The molecular formula is C18H21NO5S. The minimum absolute atomic E-state index is 0.162. The molecule has 2 aliphatic rings. The van der Waals surface area contributed by atoms with Crippen molar-refractivity contribution in [2.24, 2.45) is 5.41 Å². The lowest BCUT2D eigenvalue weighted by Gasteiger charge is -2.29. The number of hydrogen-bond acceptors (Lipinski definition) is 5. The Morgan fingerprint density at radius 2 is 2.04 bits per heavy atom. The molecule has 2 aliphatic heterocycles. The molecule has 0 unspecified atom stereocenters. The quantitative estimate of drug-likeness (QED) is 0.607. The van der Waals surface area contributed by atoms with E-state index in [0.29, 0.717) is 13.0 Å². The van der Waals surface area contributed by atoms with E-state index in [2.05, 4.69) is 0 Å². The van der Waals surface area contributed by atoms with Crippen molar-refractivity contribution in [1.82, 2.24) is 4.31 Å². The molecular weight excluding hydrogens is 342 g/mol. The smallest absolute Gasteiger partial charge is 0.330 e. The fourth-order valence-corrected chi connectivity index (χ4v) is 4.70. The summed E-state index contributed by atoms with van der Waals surface area (Å²) in [4.78, 5) is 12.0. The molecule has 1 fully saturated rings. The van der Waals surface area contributed by atoms with E-state index < -0.39 is 21.4 Å². The van der Waals surface area contributed by atoms with Gasteiger partial charge in [-0.2, -0.15) is 4.31 Å². The van der Waals surface area contributed by atoms with Crippen molar-refractivity contribution in [2.75, 3.05) is 26.8 Å². The van der Waals surface area contributed by atoms with Gasteiger partial charge < -0.3 is 9.47 Å². The normalized spacial score (nSPS) is 25.3. The fourth-order valence-electron chi connectivity index (χ4n) is 3.21. The highest BCUT2D eigenvalue weighted by Gasteiger charge is 2.46. The van der Waals surface area contributed by atoms with Gasteiger partial charge in [0.15, 0.2) is 0 Å². The topological polar surface area (TPSA) is 72.9 Å². The summed E-state index contributed by atoms with van der Waals surface area (Å²) in [6, 6.07) is 6.77. The number of esters is 1. The lowest BCUT2D eigenvalue weighted by Crippen LogP contribution is -2.33. The second-order valence-electron chi connectivity index (χ2n) is 6.36. The second-order valence-corrected chi connectivity index (χ2v) is 8.30. The highest BCUT2D eigenvalue weighted by molar-refractivity contribution is 7.89. The van der Waals surface area contributed by atoms with Crippen molar-refractivity contribution < 1.29 is 22.7 Å². The summed E-state index contributed by atoms with van der Waals surface area (Å²) in [5.74, 6) is -0.483. The van der Waals surface area contributed by atoms with Gasteiger partial charge in [0.2, 0.25) is 10.0 Å². The van der Waals surface area contributed by atoms with Crippen LogP contribution in [-0.4, -0.2) is 45.5 Å². The van der Waals surface area contributed by atoms with Gasteiger partial charge in [-0.15, -0.1) is 0 Å². The van der Waals surface area contributed by atoms with Gasteiger partial charge in [0.1, 0.15) is 0 Å². The maximum Gasteiger partial charge on any atom is 0.330 e. The van der Waals surface area contributed by atoms with Crippen molar-refractivity contribution in [3.63, 3.8) is 0 Å². The van der Waals surface area contributed by atoms with E-state index >= 15 is 0 Å². The lowest BCUT2D eigenvalue weighted by molar-refractivity contribution is -0.134. The minimum Gasteiger partial charge on any atom is -0.501 e. The van der Waals surface area contributed by atoms with Crippen LogP contribution in [0.3, 0.4) is 0 Å². The summed E-state index contributed by atoms with van der Waals surface area (Å²) >= 11 is 0. The van der Waals surface area contributed by atoms with E-state index in [0.717, 1.165) is 11.1 Å². The summed E-state index contributed by atoms with van der Waals surface area (Å²) in [6.07, 6.45) is 5.44. The zero-order valence-electron chi connectivity index (χ0n) is 14.3. The van der Waals surface area contributed by atoms with Crippen LogP contribution in [0.2, 0.25) is 0 Å². The molecule has 1 spiro atoms. The van der Waals surface area contributed by atoms with E-state index in [-0.39, 0.29) is 18.0 Å². The first-order valence-electron chi connectivity index (χ1n) is 8.02.